The quantitative estimate of drug-likeness (QED) is 0.756. The van der Waals surface area contributed by atoms with E-state index in [1.54, 1.807) is 0 Å². The number of carbonyl (C=O) groups is 2. The molecule has 0 spiro atoms. The number of nitrogens with zero attached hydrogens (tertiary/aromatic N) is 1. The van der Waals surface area contributed by atoms with Crippen LogP contribution in [-0.4, -0.2) is 42.4 Å². The van der Waals surface area contributed by atoms with Crippen LogP contribution in [0.3, 0.4) is 0 Å². The summed E-state index contributed by atoms with van der Waals surface area (Å²) in [6.07, 6.45) is 7.25. The van der Waals surface area contributed by atoms with E-state index in [1.165, 1.54) is 25.7 Å². The second kappa shape index (κ2) is 6.18. The van der Waals surface area contributed by atoms with Crippen LogP contribution in [0.2, 0.25) is 0 Å². The molecule has 0 aromatic heterocycles. The minimum absolute atomic E-state index is 0.0494. The molecule has 1 aliphatic carbocycles. The Morgan fingerprint density at radius 2 is 1.89 bits per heavy atom. The van der Waals surface area contributed by atoms with Crippen LogP contribution in [0.5, 0.6) is 0 Å². The average molecular weight is 253 g/mol. The first-order valence-electron chi connectivity index (χ1n) is 6.98. The highest BCUT2D eigenvalue weighted by atomic mass is 16.2. The molecule has 0 bridgehead atoms. The molecule has 0 unspecified atom stereocenters. The summed E-state index contributed by atoms with van der Waals surface area (Å²) in [6.45, 7) is 0.886. The van der Waals surface area contributed by atoms with Crippen molar-refractivity contribution in [3.05, 3.63) is 0 Å². The Balaban J connectivity index is 1.89. The number of rotatable bonds is 3. The third-order valence-electron chi connectivity index (χ3n) is 4.19. The zero-order valence-corrected chi connectivity index (χ0v) is 10.9. The Hall–Kier alpha value is -1.10. The lowest BCUT2D eigenvalue weighted by atomic mass is 9.78. The van der Waals surface area contributed by atoms with E-state index in [0.29, 0.717) is 12.0 Å². The van der Waals surface area contributed by atoms with E-state index in [0.717, 1.165) is 19.4 Å². The van der Waals surface area contributed by atoms with E-state index < -0.39 is 0 Å². The average Bonchev–Trinajstić information content (AvgIpc) is 2.43. The molecule has 3 N–H and O–H groups in total. The first kappa shape index (κ1) is 13.3. The summed E-state index contributed by atoms with van der Waals surface area (Å²) in [5.41, 5.74) is 5.21. The summed E-state index contributed by atoms with van der Waals surface area (Å²) >= 11 is 0. The summed E-state index contributed by atoms with van der Waals surface area (Å²) in [5, 5.41) is 2.57. The number of piperidine rings is 1. The van der Waals surface area contributed by atoms with Crippen molar-refractivity contribution in [3.63, 3.8) is 0 Å². The number of amides is 2. The molecule has 1 aliphatic heterocycles. The Morgan fingerprint density at radius 1 is 1.17 bits per heavy atom. The molecule has 0 radical (unpaired) electrons. The van der Waals surface area contributed by atoms with Crippen molar-refractivity contribution in [2.45, 2.75) is 44.6 Å². The van der Waals surface area contributed by atoms with E-state index in [4.69, 9.17) is 5.73 Å². The molecular formula is C13H23N3O2. The molecule has 2 amide bonds. The molecule has 1 saturated carbocycles. The van der Waals surface area contributed by atoms with Gasteiger partial charge in [0.2, 0.25) is 11.8 Å². The zero-order chi connectivity index (χ0) is 13.0. The van der Waals surface area contributed by atoms with Gasteiger partial charge in [0.1, 0.15) is 0 Å². The molecular weight excluding hydrogens is 230 g/mol. The molecule has 102 valence electrons. The minimum Gasteiger partial charge on any atom is -0.346 e. The van der Waals surface area contributed by atoms with Crippen LogP contribution < -0.4 is 11.1 Å². The van der Waals surface area contributed by atoms with Crippen molar-refractivity contribution in [1.29, 1.82) is 0 Å². The highest BCUT2D eigenvalue weighted by Crippen LogP contribution is 2.35. The number of carbonyl (C=O) groups excluding carboxylic acids is 2. The second-order valence-electron chi connectivity index (χ2n) is 5.32. The maximum Gasteiger partial charge on any atom is 0.242 e. The molecule has 2 fully saturated rings. The van der Waals surface area contributed by atoms with Crippen LogP contribution in [0.25, 0.3) is 0 Å². The maximum atomic E-state index is 12.1. The van der Waals surface area contributed by atoms with Gasteiger partial charge in [-0.3, -0.25) is 9.59 Å². The molecule has 2 aliphatic rings. The Labute approximate surface area is 108 Å². The first-order valence-corrected chi connectivity index (χ1v) is 6.98. The zero-order valence-electron chi connectivity index (χ0n) is 10.9. The Bertz CT molecular complexity index is 317. The third-order valence-corrected chi connectivity index (χ3v) is 4.19. The summed E-state index contributed by atoms with van der Waals surface area (Å²) < 4.78 is 0. The van der Waals surface area contributed by atoms with Crippen LogP contribution in [0.15, 0.2) is 0 Å². The van der Waals surface area contributed by atoms with Crippen molar-refractivity contribution in [2.75, 3.05) is 19.6 Å². The Kier molecular flexibility index (Phi) is 4.58. The van der Waals surface area contributed by atoms with E-state index in [2.05, 4.69) is 5.32 Å². The molecule has 1 saturated heterocycles. The van der Waals surface area contributed by atoms with Gasteiger partial charge in [0.05, 0.1) is 13.1 Å². The van der Waals surface area contributed by atoms with Gasteiger partial charge in [-0.25, -0.2) is 0 Å². The fourth-order valence-corrected chi connectivity index (χ4v) is 3.28. The molecule has 5 heteroatoms. The van der Waals surface area contributed by atoms with E-state index >= 15 is 0 Å². The standard InChI is InChI=1S/C13H23N3O2/c14-8-12(17)15-9-13(18)16-7-3-5-10-4-1-2-6-11(10)16/h10-11H,1-9,14H2,(H,15,17)/t10-,11-/m1/s1. The first-order chi connectivity index (χ1) is 8.72. The van der Waals surface area contributed by atoms with E-state index in [1.807, 2.05) is 4.90 Å². The third kappa shape index (κ3) is 3.02. The van der Waals surface area contributed by atoms with Crippen LogP contribution >= 0.6 is 0 Å². The highest BCUT2D eigenvalue weighted by Gasteiger charge is 2.35. The van der Waals surface area contributed by atoms with E-state index in [9.17, 15) is 9.59 Å². The summed E-state index contributed by atoms with van der Waals surface area (Å²) in [4.78, 5) is 25.2. The lowest BCUT2D eigenvalue weighted by Gasteiger charge is -2.44. The van der Waals surface area contributed by atoms with Gasteiger partial charge in [-0.05, 0) is 31.6 Å². The van der Waals surface area contributed by atoms with Gasteiger partial charge in [0.15, 0.2) is 0 Å². The van der Waals surface area contributed by atoms with Crippen molar-refractivity contribution < 1.29 is 9.59 Å². The van der Waals surface area contributed by atoms with Crippen molar-refractivity contribution in [3.8, 4) is 0 Å². The van der Waals surface area contributed by atoms with Gasteiger partial charge >= 0.3 is 0 Å². The molecule has 5 nitrogen and oxygen atoms in total. The minimum atomic E-state index is -0.263. The molecule has 18 heavy (non-hydrogen) atoms. The number of hydrogen-bond acceptors (Lipinski definition) is 3. The van der Waals surface area contributed by atoms with Gasteiger partial charge < -0.3 is 16.0 Å². The predicted octanol–water partition coefficient (Wildman–Crippen LogP) is 0.242. The SMILES string of the molecule is NCC(=O)NCC(=O)N1CCC[C@H]2CCCC[C@H]21. The number of likely N-dealkylation sites (tertiary alicyclic amines) is 1. The maximum absolute atomic E-state index is 12.1. The van der Waals surface area contributed by atoms with Crippen LogP contribution in [-0.2, 0) is 9.59 Å². The number of nitrogens with two attached hydrogens (primary N) is 1. The monoisotopic (exact) mass is 253 g/mol. The fourth-order valence-electron chi connectivity index (χ4n) is 3.28. The molecule has 0 aromatic rings. The normalized spacial score (nSPS) is 27.5. The number of nitrogens with one attached hydrogen (secondary N) is 1. The molecule has 0 aromatic carbocycles. The number of fused-ring (bicyclic) bond motifs is 1. The van der Waals surface area contributed by atoms with Crippen molar-refractivity contribution in [1.82, 2.24) is 10.2 Å². The van der Waals surface area contributed by atoms with Gasteiger partial charge in [-0.15, -0.1) is 0 Å². The molecule has 2 rings (SSSR count). The van der Waals surface area contributed by atoms with Crippen molar-refractivity contribution in [2.24, 2.45) is 11.7 Å². The molecule has 2 atom stereocenters. The van der Waals surface area contributed by atoms with Gasteiger partial charge in [-0.2, -0.15) is 0 Å². The fraction of sp³-hybridized carbons (Fsp3) is 0.846. The van der Waals surface area contributed by atoms with Crippen LogP contribution in [0.1, 0.15) is 38.5 Å². The number of hydrogen-bond donors (Lipinski definition) is 2. The topological polar surface area (TPSA) is 75.4 Å². The van der Waals surface area contributed by atoms with Gasteiger partial charge in [0, 0.05) is 12.6 Å². The predicted molar refractivity (Wildman–Crippen MR) is 68.8 cm³/mol. The smallest absolute Gasteiger partial charge is 0.242 e. The lowest BCUT2D eigenvalue weighted by Crippen LogP contribution is -2.52. The van der Waals surface area contributed by atoms with Crippen LogP contribution in [0, 0.1) is 5.92 Å². The summed E-state index contributed by atoms with van der Waals surface area (Å²) in [7, 11) is 0. The van der Waals surface area contributed by atoms with Gasteiger partial charge in [0.25, 0.3) is 0 Å². The molecule has 1 heterocycles. The lowest BCUT2D eigenvalue weighted by molar-refractivity contribution is -0.138. The largest absolute Gasteiger partial charge is 0.346 e. The van der Waals surface area contributed by atoms with E-state index in [-0.39, 0.29) is 24.9 Å². The summed E-state index contributed by atoms with van der Waals surface area (Å²) in [6, 6.07) is 0.412. The second-order valence-corrected chi connectivity index (χ2v) is 5.32. The van der Waals surface area contributed by atoms with Crippen LogP contribution in [0.4, 0.5) is 0 Å². The Morgan fingerprint density at radius 3 is 2.67 bits per heavy atom. The van der Waals surface area contributed by atoms with Gasteiger partial charge in [-0.1, -0.05) is 12.8 Å². The van der Waals surface area contributed by atoms with Crippen molar-refractivity contribution >= 4 is 11.8 Å². The summed E-state index contributed by atoms with van der Waals surface area (Å²) in [5.74, 6) is 0.468. The highest BCUT2D eigenvalue weighted by molar-refractivity contribution is 5.85.